The average molecular weight is 323 g/mol. The summed E-state index contributed by atoms with van der Waals surface area (Å²) >= 11 is 0. The maximum Gasteiger partial charge on any atom is 0.255 e. The van der Waals surface area contributed by atoms with Crippen molar-refractivity contribution in [3.63, 3.8) is 0 Å². The lowest BCUT2D eigenvalue weighted by molar-refractivity contribution is -0.117. The molecule has 24 heavy (non-hydrogen) atoms. The van der Waals surface area contributed by atoms with Gasteiger partial charge in [-0.1, -0.05) is 6.07 Å². The zero-order valence-corrected chi connectivity index (χ0v) is 13.9. The first-order valence-corrected chi connectivity index (χ1v) is 8.02. The number of carbonyl (C=O) groups is 2. The molecule has 0 spiro atoms. The summed E-state index contributed by atoms with van der Waals surface area (Å²) in [4.78, 5) is 26.1. The number of nitrogens with one attached hydrogen (secondary N) is 2. The van der Waals surface area contributed by atoms with E-state index in [9.17, 15) is 9.59 Å². The van der Waals surface area contributed by atoms with Crippen LogP contribution in [-0.2, 0) is 4.79 Å². The first kappa shape index (κ1) is 16.1. The van der Waals surface area contributed by atoms with Crippen molar-refractivity contribution in [3.05, 3.63) is 54.1 Å². The Morgan fingerprint density at radius 3 is 2.17 bits per heavy atom. The van der Waals surface area contributed by atoms with Gasteiger partial charge in [0.25, 0.3) is 5.91 Å². The van der Waals surface area contributed by atoms with Gasteiger partial charge < -0.3 is 15.5 Å². The van der Waals surface area contributed by atoms with E-state index in [1.807, 2.05) is 43.3 Å². The van der Waals surface area contributed by atoms with Crippen molar-refractivity contribution in [3.8, 4) is 0 Å². The normalized spacial score (nSPS) is 13.2. The molecule has 1 fully saturated rings. The van der Waals surface area contributed by atoms with E-state index in [4.69, 9.17) is 0 Å². The predicted molar refractivity (Wildman–Crippen MR) is 96.5 cm³/mol. The Hall–Kier alpha value is -2.82. The zero-order valence-electron chi connectivity index (χ0n) is 13.9. The molecule has 5 nitrogen and oxygen atoms in total. The lowest BCUT2D eigenvalue weighted by atomic mass is 10.1. The van der Waals surface area contributed by atoms with Crippen LogP contribution in [0.2, 0.25) is 0 Å². The van der Waals surface area contributed by atoms with Crippen LogP contribution in [0.15, 0.2) is 48.5 Å². The zero-order chi connectivity index (χ0) is 17.1. The van der Waals surface area contributed by atoms with Crippen molar-refractivity contribution in [2.75, 3.05) is 29.6 Å². The molecule has 0 aliphatic heterocycles. The van der Waals surface area contributed by atoms with E-state index in [0.29, 0.717) is 16.9 Å². The van der Waals surface area contributed by atoms with Crippen molar-refractivity contribution >= 4 is 28.9 Å². The minimum absolute atomic E-state index is 0.0535. The third kappa shape index (κ3) is 3.93. The van der Waals surface area contributed by atoms with E-state index in [1.165, 1.54) is 0 Å². The van der Waals surface area contributed by atoms with Gasteiger partial charge in [-0.15, -0.1) is 0 Å². The highest BCUT2D eigenvalue weighted by Crippen LogP contribution is 2.30. The fourth-order valence-electron chi connectivity index (χ4n) is 2.38. The van der Waals surface area contributed by atoms with E-state index in [0.717, 1.165) is 18.5 Å². The molecule has 0 saturated heterocycles. The van der Waals surface area contributed by atoms with Crippen LogP contribution < -0.4 is 15.5 Å². The van der Waals surface area contributed by atoms with Gasteiger partial charge in [0.2, 0.25) is 5.91 Å². The molecule has 1 aliphatic rings. The van der Waals surface area contributed by atoms with Gasteiger partial charge in [0.15, 0.2) is 0 Å². The van der Waals surface area contributed by atoms with E-state index in [-0.39, 0.29) is 17.7 Å². The third-order valence-electron chi connectivity index (χ3n) is 3.98. The predicted octanol–water partition coefficient (Wildman–Crippen LogP) is 3.35. The summed E-state index contributed by atoms with van der Waals surface area (Å²) in [5.41, 5.74) is 2.99. The van der Waals surface area contributed by atoms with Gasteiger partial charge in [0, 0.05) is 42.6 Å². The molecule has 2 aromatic carbocycles. The fourth-order valence-corrected chi connectivity index (χ4v) is 2.38. The standard InChI is InChI=1S/C19H21N3O2/c1-22(2)17-10-8-14(9-11-17)19(24)21-16-5-3-4-15(12-16)20-18(23)13-6-7-13/h3-5,8-13H,6-7H2,1-2H3,(H,20,23)(H,21,24). The van der Waals surface area contributed by atoms with Gasteiger partial charge in [-0.25, -0.2) is 0 Å². The monoisotopic (exact) mass is 323 g/mol. The van der Waals surface area contributed by atoms with Gasteiger partial charge in [-0.05, 0) is 55.3 Å². The fraction of sp³-hybridized carbons (Fsp3) is 0.263. The summed E-state index contributed by atoms with van der Waals surface area (Å²) in [7, 11) is 3.91. The minimum atomic E-state index is -0.175. The Balaban J connectivity index is 1.66. The van der Waals surface area contributed by atoms with Crippen molar-refractivity contribution in [2.45, 2.75) is 12.8 Å². The smallest absolute Gasteiger partial charge is 0.255 e. The minimum Gasteiger partial charge on any atom is -0.378 e. The first-order chi connectivity index (χ1) is 11.5. The molecule has 0 radical (unpaired) electrons. The number of carbonyl (C=O) groups excluding carboxylic acids is 2. The lowest BCUT2D eigenvalue weighted by Gasteiger charge is -2.13. The lowest BCUT2D eigenvalue weighted by Crippen LogP contribution is -2.15. The van der Waals surface area contributed by atoms with E-state index in [2.05, 4.69) is 10.6 Å². The topological polar surface area (TPSA) is 61.4 Å². The number of hydrogen-bond acceptors (Lipinski definition) is 3. The van der Waals surface area contributed by atoms with Gasteiger partial charge in [-0.3, -0.25) is 9.59 Å². The summed E-state index contributed by atoms with van der Waals surface area (Å²) < 4.78 is 0. The number of nitrogens with zero attached hydrogens (tertiary/aromatic N) is 1. The molecule has 1 aliphatic carbocycles. The van der Waals surface area contributed by atoms with Gasteiger partial charge in [0.1, 0.15) is 0 Å². The first-order valence-electron chi connectivity index (χ1n) is 8.02. The second-order valence-electron chi connectivity index (χ2n) is 6.24. The number of benzene rings is 2. The molecule has 2 aromatic rings. The summed E-state index contributed by atoms with van der Waals surface area (Å²) in [5.74, 6) is 0.0298. The van der Waals surface area contributed by atoms with Crippen LogP contribution in [0.25, 0.3) is 0 Å². The van der Waals surface area contributed by atoms with Crippen LogP contribution in [0.5, 0.6) is 0 Å². The second-order valence-corrected chi connectivity index (χ2v) is 6.24. The van der Waals surface area contributed by atoms with Crippen LogP contribution in [-0.4, -0.2) is 25.9 Å². The molecule has 1 saturated carbocycles. The summed E-state index contributed by atoms with van der Waals surface area (Å²) in [6.07, 6.45) is 1.93. The van der Waals surface area contributed by atoms with Crippen molar-refractivity contribution in [2.24, 2.45) is 5.92 Å². The molecule has 5 heteroatoms. The molecule has 2 N–H and O–H groups in total. The van der Waals surface area contributed by atoms with Crippen LogP contribution in [0.4, 0.5) is 17.1 Å². The van der Waals surface area contributed by atoms with E-state index in [1.54, 1.807) is 24.3 Å². The van der Waals surface area contributed by atoms with Gasteiger partial charge in [-0.2, -0.15) is 0 Å². The maximum absolute atomic E-state index is 12.3. The van der Waals surface area contributed by atoms with E-state index < -0.39 is 0 Å². The highest BCUT2D eigenvalue weighted by molar-refractivity contribution is 6.05. The van der Waals surface area contributed by atoms with Crippen LogP contribution in [0.1, 0.15) is 23.2 Å². The molecule has 0 aromatic heterocycles. The van der Waals surface area contributed by atoms with Crippen LogP contribution in [0.3, 0.4) is 0 Å². The SMILES string of the molecule is CN(C)c1ccc(C(=O)Nc2cccc(NC(=O)C3CC3)c2)cc1. The van der Waals surface area contributed by atoms with Crippen molar-refractivity contribution in [1.29, 1.82) is 0 Å². The Morgan fingerprint density at radius 1 is 0.958 bits per heavy atom. The summed E-state index contributed by atoms with van der Waals surface area (Å²) in [6, 6.07) is 14.6. The second kappa shape index (κ2) is 6.74. The molecule has 0 unspecified atom stereocenters. The van der Waals surface area contributed by atoms with Gasteiger partial charge in [0.05, 0.1) is 0 Å². The molecule has 0 bridgehead atoms. The molecule has 0 heterocycles. The number of hydrogen-bond donors (Lipinski definition) is 2. The molecule has 124 valence electrons. The largest absolute Gasteiger partial charge is 0.378 e. The number of anilines is 3. The number of rotatable bonds is 5. The summed E-state index contributed by atoms with van der Waals surface area (Å²) in [5, 5.41) is 5.74. The highest BCUT2D eigenvalue weighted by Gasteiger charge is 2.29. The van der Waals surface area contributed by atoms with Crippen molar-refractivity contribution in [1.82, 2.24) is 0 Å². The molecular weight excluding hydrogens is 302 g/mol. The summed E-state index contributed by atoms with van der Waals surface area (Å²) in [6.45, 7) is 0. The molecule has 0 atom stereocenters. The quantitative estimate of drug-likeness (QED) is 0.887. The third-order valence-corrected chi connectivity index (χ3v) is 3.98. The Labute approximate surface area is 141 Å². The van der Waals surface area contributed by atoms with E-state index >= 15 is 0 Å². The van der Waals surface area contributed by atoms with Crippen LogP contribution in [0, 0.1) is 5.92 Å². The number of amides is 2. The Bertz CT molecular complexity index is 749. The Kier molecular flexibility index (Phi) is 4.51. The van der Waals surface area contributed by atoms with Gasteiger partial charge >= 0.3 is 0 Å². The van der Waals surface area contributed by atoms with Crippen molar-refractivity contribution < 1.29 is 9.59 Å². The maximum atomic E-state index is 12.3. The Morgan fingerprint density at radius 2 is 1.58 bits per heavy atom. The molecule has 3 rings (SSSR count). The highest BCUT2D eigenvalue weighted by atomic mass is 16.2. The molecular formula is C19H21N3O2. The average Bonchev–Trinajstić information content (AvgIpc) is 3.40. The van der Waals surface area contributed by atoms with Crippen LogP contribution >= 0.6 is 0 Å². The molecule has 2 amide bonds.